The molecule has 0 unspecified atom stereocenters. The maximum Gasteiger partial charge on any atom is 0.347 e. The molecule has 1 aliphatic heterocycles. The molecule has 0 radical (unpaired) electrons. The van der Waals surface area contributed by atoms with E-state index in [1.165, 1.54) is 6.08 Å². The second-order valence-corrected chi connectivity index (χ2v) is 7.48. The third-order valence-corrected chi connectivity index (χ3v) is 4.81. The Labute approximate surface area is 187 Å². The molecule has 3 aromatic rings. The van der Waals surface area contributed by atoms with Gasteiger partial charge in [0.15, 0.2) is 11.3 Å². The van der Waals surface area contributed by atoms with Crippen LogP contribution in [0.5, 0.6) is 0 Å². The summed E-state index contributed by atoms with van der Waals surface area (Å²) >= 11 is 0. The topological polar surface area (TPSA) is 96.6 Å². The Balaban J connectivity index is 1.67. The smallest absolute Gasteiger partial charge is 0.347 e. The van der Waals surface area contributed by atoms with Gasteiger partial charge in [-0.05, 0) is 44.4 Å². The van der Waals surface area contributed by atoms with Crippen LogP contribution in [0.2, 0.25) is 0 Å². The van der Waals surface area contributed by atoms with E-state index in [0.29, 0.717) is 23.8 Å². The first-order valence-corrected chi connectivity index (χ1v) is 9.98. The highest BCUT2D eigenvalue weighted by Gasteiger charge is 2.37. The molecule has 10 heteroatoms. The van der Waals surface area contributed by atoms with Gasteiger partial charge in [-0.3, -0.25) is 4.79 Å². The molecule has 1 aromatic carbocycles. The number of likely N-dealkylation sites (N-methyl/N-ethyl adjacent to an activating group) is 1. The van der Waals surface area contributed by atoms with Crippen molar-refractivity contribution in [1.29, 1.82) is 0 Å². The number of nitrogens with one attached hydrogen (secondary N) is 2. The van der Waals surface area contributed by atoms with E-state index < -0.39 is 29.0 Å². The van der Waals surface area contributed by atoms with Crippen molar-refractivity contribution in [3.8, 4) is 0 Å². The van der Waals surface area contributed by atoms with Crippen molar-refractivity contribution in [1.82, 2.24) is 14.9 Å². The van der Waals surface area contributed by atoms with Crippen LogP contribution in [0.1, 0.15) is 5.56 Å². The monoisotopic (exact) mass is 454 g/mol. The summed E-state index contributed by atoms with van der Waals surface area (Å²) in [6.07, 6.45) is 4.71. The number of ether oxygens (including phenoxy) is 2. The molecule has 0 fully saturated rings. The minimum Gasteiger partial charge on any atom is -0.460 e. The van der Waals surface area contributed by atoms with Crippen LogP contribution < -0.4 is 5.32 Å². The predicted molar refractivity (Wildman–Crippen MR) is 117 cm³/mol. The van der Waals surface area contributed by atoms with E-state index in [-0.39, 0.29) is 23.9 Å². The Morgan fingerprint density at radius 3 is 2.88 bits per heavy atom. The fourth-order valence-electron chi connectivity index (χ4n) is 3.15. The minimum absolute atomic E-state index is 0.0357. The summed E-state index contributed by atoms with van der Waals surface area (Å²) in [7, 11) is 3.61. The van der Waals surface area contributed by atoms with Crippen LogP contribution >= 0.6 is 0 Å². The van der Waals surface area contributed by atoms with Gasteiger partial charge in [-0.15, -0.1) is 0 Å². The van der Waals surface area contributed by atoms with Crippen molar-refractivity contribution in [2.75, 3.05) is 32.6 Å². The van der Waals surface area contributed by atoms with Gasteiger partial charge in [0, 0.05) is 36.0 Å². The Bertz CT molecular complexity index is 1300. The Morgan fingerprint density at radius 1 is 1.30 bits per heavy atom. The lowest BCUT2D eigenvalue weighted by molar-refractivity contribution is -0.140. The van der Waals surface area contributed by atoms with Crippen molar-refractivity contribution >= 4 is 34.5 Å². The molecule has 0 saturated heterocycles. The first-order valence-electron chi connectivity index (χ1n) is 9.98. The quantitative estimate of drug-likeness (QED) is 0.322. The van der Waals surface area contributed by atoms with E-state index in [9.17, 15) is 18.4 Å². The van der Waals surface area contributed by atoms with Crippen LogP contribution in [-0.4, -0.2) is 53.9 Å². The molecule has 0 bridgehead atoms. The summed E-state index contributed by atoms with van der Waals surface area (Å²) < 4.78 is 38.3. The zero-order valence-electron chi connectivity index (χ0n) is 17.8. The zero-order chi connectivity index (χ0) is 23.5. The SMILES string of the molecule is CN(C)CCOC(=O)C1=C(Nc2ccc(F)cc2F)O/C(=C\c2c[nH]c3ncccc23)C1=O. The van der Waals surface area contributed by atoms with Crippen molar-refractivity contribution in [3.63, 3.8) is 0 Å². The highest BCUT2D eigenvalue weighted by molar-refractivity contribution is 6.26. The second kappa shape index (κ2) is 9.21. The molecule has 170 valence electrons. The van der Waals surface area contributed by atoms with E-state index in [4.69, 9.17) is 9.47 Å². The van der Waals surface area contributed by atoms with E-state index in [0.717, 1.165) is 17.5 Å². The minimum atomic E-state index is -0.920. The van der Waals surface area contributed by atoms with E-state index in [2.05, 4.69) is 15.3 Å². The van der Waals surface area contributed by atoms with Gasteiger partial charge in [-0.1, -0.05) is 0 Å². The normalized spacial score (nSPS) is 14.9. The third-order valence-electron chi connectivity index (χ3n) is 4.81. The fourth-order valence-corrected chi connectivity index (χ4v) is 3.15. The molecule has 8 nitrogen and oxygen atoms in total. The summed E-state index contributed by atoms with van der Waals surface area (Å²) in [5, 5.41) is 3.30. The number of carbonyl (C=O) groups is 2. The number of H-pyrrole nitrogens is 1. The number of allylic oxidation sites excluding steroid dienone is 1. The molecule has 4 rings (SSSR count). The van der Waals surface area contributed by atoms with E-state index in [1.54, 1.807) is 37.5 Å². The van der Waals surface area contributed by atoms with Gasteiger partial charge in [0.25, 0.3) is 0 Å². The Morgan fingerprint density at radius 2 is 2.12 bits per heavy atom. The molecular formula is C23H20F2N4O4. The lowest BCUT2D eigenvalue weighted by atomic mass is 10.1. The molecule has 2 N–H and O–H groups in total. The number of rotatable bonds is 7. The van der Waals surface area contributed by atoms with Crippen molar-refractivity contribution in [2.24, 2.45) is 0 Å². The van der Waals surface area contributed by atoms with Crippen LogP contribution in [0.3, 0.4) is 0 Å². The number of Topliss-reactive ketones (excluding diaryl/α,β-unsaturated/α-hetero) is 1. The summed E-state index contributed by atoms with van der Waals surface area (Å²) in [6, 6.07) is 6.39. The predicted octanol–water partition coefficient (Wildman–Crippen LogP) is 3.21. The highest BCUT2D eigenvalue weighted by atomic mass is 19.1. The number of hydrogen-bond acceptors (Lipinski definition) is 7. The van der Waals surface area contributed by atoms with Gasteiger partial charge < -0.3 is 24.7 Å². The molecule has 2 aromatic heterocycles. The fraction of sp³-hybridized carbons (Fsp3) is 0.174. The number of pyridine rings is 1. The summed E-state index contributed by atoms with van der Waals surface area (Å²) in [5.74, 6) is -3.80. The van der Waals surface area contributed by atoms with Gasteiger partial charge in [-0.25, -0.2) is 18.6 Å². The number of carbonyl (C=O) groups excluding carboxylic acids is 2. The standard InChI is InChI=1S/C23H20F2N4O4/c1-29(2)8-9-32-23(31)19-20(30)18(10-13-12-27-21-15(13)4-3-7-26-21)33-22(19)28-17-6-5-14(24)11-16(17)25/h3-7,10-12,28H,8-9H2,1-2H3,(H,26,27)/b18-10-. The van der Waals surface area contributed by atoms with Crippen molar-refractivity contribution in [3.05, 3.63) is 77.1 Å². The summed E-state index contributed by atoms with van der Waals surface area (Å²) in [5.41, 5.74) is 0.630. The summed E-state index contributed by atoms with van der Waals surface area (Å²) in [6.45, 7) is 0.475. The average molecular weight is 454 g/mol. The lowest BCUT2D eigenvalue weighted by Gasteiger charge is -2.11. The van der Waals surface area contributed by atoms with Crippen LogP contribution in [0, 0.1) is 11.6 Å². The van der Waals surface area contributed by atoms with Crippen LogP contribution in [-0.2, 0) is 19.1 Å². The maximum absolute atomic E-state index is 14.2. The number of esters is 1. The van der Waals surface area contributed by atoms with E-state index >= 15 is 0 Å². The molecule has 3 heterocycles. The number of halogens is 2. The zero-order valence-corrected chi connectivity index (χ0v) is 17.8. The first-order chi connectivity index (χ1) is 15.8. The number of fused-ring (bicyclic) bond motifs is 1. The Hall–Kier alpha value is -4.05. The highest BCUT2D eigenvalue weighted by Crippen LogP contribution is 2.31. The van der Waals surface area contributed by atoms with Crippen LogP contribution in [0.25, 0.3) is 17.1 Å². The average Bonchev–Trinajstić information content (AvgIpc) is 3.31. The second-order valence-electron chi connectivity index (χ2n) is 7.48. The molecule has 0 atom stereocenters. The number of hydrogen-bond donors (Lipinski definition) is 2. The maximum atomic E-state index is 14.2. The molecule has 0 spiro atoms. The van der Waals surface area contributed by atoms with E-state index in [1.807, 2.05) is 6.07 Å². The number of nitrogens with zero attached hydrogens (tertiary/aromatic N) is 2. The Kier molecular flexibility index (Phi) is 6.18. The molecule has 0 saturated carbocycles. The number of anilines is 1. The largest absolute Gasteiger partial charge is 0.460 e. The number of benzene rings is 1. The van der Waals surface area contributed by atoms with Gasteiger partial charge in [0.1, 0.15) is 23.9 Å². The molecule has 33 heavy (non-hydrogen) atoms. The number of aromatic amines is 1. The van der Waals surface area contributed by atoms with Gasteiger partial charge in [0.05, 0.1) is 5.69 Å². The third kappa shape index (κ3) is 4.75. The lowest BCUT2D eigenvalue weighted by Crippen LogP contribution is -2.23. The number of aromatic nitrogens is 2. The van der Waals surface area contributed by atoms with Crippen molar-refractivity contribution in [2.45, 2.75) is 0 Å². The van der Waals surface area contributed by atoms with Crippen LogP contribution in [0.4, 0.5) is 14.5 Å². The van der Waals surface area contributed by atoms with Crippen molar-refractivity contribution < 1.29 is 27.8 Å². The molecular weight excluding hydrogens is 434 g/mol. The number of ketones is 1. The molecule has 0 aliphatic carbocycles. The van der Waals surface area contributed by atoms with Gasteiger partial charge in [-0.2, -0.15) is 0 Å². The molecule has 0 amide bonds. The summed E-state index contributed by atoms with van der Waals surface area (Å²) in [4.78, 5) is 34.7. The first kappa shape index (κ1) is 22.2. The van der Waals surface area contributed by atoms with Gasteiger partial charge in [0.2, 0.25) is 11.7 Å². The molecule has 1 aliphatic rings. The van der Waals surface area contributed by atoms with Gasteiger partial charge >= 0.3 is 5.97 Å². The van der Waals surface area contributed by atoms with Crippen LogP contribution in [0.15, 0.2) is 59.9 Å².